The van der Waals surface area contributed by atoms with Gasteiger partial charge >= 0.3 is 0 Å². The number of hydrogen-bond donors (Lipinski definition) is 2. The zero-order valence-corrected chi connectivity index (χ0v) is 10.9. The molecule has 0 aromatic heterocycles. The van der Waals surface area contributed by atoms with E-state index < -0.39 is 0 Å². The van der Waals surface area contributed by atoms with Crippen LogP contribution in [0.2, 0.25) is 0 Å². The summed E-state index contributed by atoms with van der Waals surface area (Å²) in [6, 6.07) is 0.765. The third-order valence-corrected chi connectivity index (χ3v) is 4.71. The molecule has 0 bridgehead atoms. The second-order valence-corrected chi connectivity index (χ2v) is 5.89. The van der Waals surface area contributed by atoms with Crippen molar-refractivity contribution in [2.24, 2.45) is 11.8 Å². The highest BCUT2D eigenvalue weighted by atomic mass is 32.2. The Labute approximate surface area is 98.2 Å². The predicted molar refractivity (Wildman–Crippen MR) is 68.4 cm³/mol. The highest BCUT2D eigenvalue weighted by molar-refractivity contribution is 7.99. The average Bonchev–Trinajstić information content (AvgIpc) is 2.71. The van der Waals surface area contributed by atoms with E-state index in [1.165, 1.54) is 31.4 Å². The van der Waals surface area contributed by atoms with Gasteiger partial charge in [0.1, 0.15) is 0 Å². The van der Waals surface area contributed by atoms with E-state index in [2.05, 4.69) is 19.3 Å². The largest absolute Gasteiger partial charge is 0.396 e. The Morgan fingerprint density at radius 2 is 2.27 bits per heavy atom. The van der Waals surface area contributed by atoms with Crippen molar-refractivity contribution in [1.29, 1.82) is 0 Å². The highest BCUT2D eigenvalue weighted by Gasteiger charge is 2.24. The van der Waals surface area contributed by atoms with Gasteiger partial charge in [0.2, 0.25) is 0 Å². The molecule has 3 unspecified atom stereocenters. The highest BCUT2D eigenvalue weighted by Crippen LogP contribution is 2.29. The van der Waals surface area contributed by atoms with Gasteiger partial charge < -0.3 is 10.4 Å². The number of aliphatic hydroxyl groups excluding tert-OH is 1. The summed E-state index contributed by atoms with van der Waals surface area (Å²) in [6.07, 6.45) is 5.50. The number of aliphatic hydroxyl groups is 1. The minimum atomic E-state index is 0.329. The minimum absolute atomic E-state index is 0.329. The lowest BCUT2D eigenvalue weighted by atomic mass is 10.0. The molecule has 15 heavy (non-hydrogen) atoms. The van der Waals surface area contributed by atoms with E-state index in [-0.39, 0.29) is 0 Å². The first-order chi connectivity index (χ1) is 7.27. The van der Waals surface area contributed by atoms with Crippen LogP contribution in [0.15, 0.2) is 0 Å². The Bertz CT molecular complexity index is 166. The van der Waals surface area contributed by atoms with Crippen molar-refractivity contribution in [3.8, 4) is 0 Å². The van der Waals surface area contributed by atoms with E-state index in [4.69, 9.17) is 5.11 Å². The van der Waals surface area contributed by atoms with Crippen LogP contribution in [0.5, 0.6) is 0 Å². The monoisotopic (exact) mass is 231 g/mol. The van der Waals surface area contributed by atoms with Crippen LogP contribution < -0.4 is 5.32 Å². The van der Waals surface area contributed by atoms with Crippen molar-refractivity contribution in [1.82, 2.24) is 5.32 Å². The SMILES string of the molecule is CNC1CCCC1CCSCC(C)CO. The van der Waals surface area contributed by atoms with Crippen LogP contribution in [0, 0.1) is 11.8 Å². The predicted octanol–water partition coefficient (Wildman–Crippen LogP) is 2.13. The smallest absolute Gasteiger partial charge is 0.0464 e. The lowest BCUT2D eigenvalue weighted by molar-refractivity contribution is 0.250. The Balaban J connectivity index is 2.04. The summed E-state index contributed by atoms with van der Waals surface area (Å²) in [5, 5.41) is 12.3. The van der Waals surface area contributed by atoms with Gasteiger partial charge in [-0.25, -0.2) is 0 Å². The molecule has 1 fully saturated rings. The maximum absolute atomic E-state index is 8.90. The van der Waals surface area contributed by atoms with Crippen LogP contribution in [-0.4, -0.2) is 36.3 Å². The topological polar surface area (TPSA) is 32.3 Å². The maximum atomic E-state index is 8.90. The molecular weight excluding hydrogens is 206 g/mol. The van der Waals surface area contributed by atoms with Crippen LogP contribution in [-0.2, 0) is 0 Å². The van der Waals surface area contributed by atoms with Crippen molar-refractivity contribution in [2.75, 3.05) is 25.2 Å². The van der Waals surface area contributed by atoms with Gasteiger partial charge in [0, 0.05) is 12.6 Å². The zero-order chi connectivity index (χ0) is 11.1. The van der Waals surface area contributed by atoms with E-state index in [1.54, 1.807) is 0 Å². The minimum Gasteiger partial charge on any atom is -0.396 e. The Morgan fingerprint density at radius 1 is 1.47 bits per heavy atom. The molecule has 2 nitrogen and oxygen atoms in total. The molecule has 0 aromatic carbocycles. The summed E-state index contributed by atoms with van der Waals surface area (Å²) in [6.45, 7) is 2.44. The second-order valence-electron chi connectivity index (χ2n) is 4.74. The van der Waals surface area contributed by atoms with Gasteiger partial charge in [0.15, 0.2) is 0 Å². The van der Waals surface area contributed by atoms with Crippen LogP contribution in [0.3, 0.4) is 0 Å². The van der Waals surface area contributed by atoms with Gasteiger partial charge in [0.05, 0.1) is 0 Å². The molecule has 0 aromatic rings. The van der Waals surface area contributed by atoms with Gasteiger partial charge in [0.25, 0.3) is 0 Å². The van der Waals surface area contributed by atoms with Gasteiger partial charge in [-0.2, -0.15) is 11.8 Å². The molecule has 0 saturated heterocycles. The summed E-state index contributed by atoms with van der Waals surface area (Å²) < 4.78 is 0. The molecule has 3 atom stereocenters. The van der Waals surface area contributed by atoms with Gasteiger partial charge in [-0.3, -0.25) is 0 Å². The van der Waals surface area contributed by atoms with E-state index >= 15 is 0 Å². The molecule has 90 valence electrons. The first-order valence-electron chi connectivity index (χ1n) is 6.13. The molecule has 1 aliphatic carbocycles. The second kappa shape index (κ2) is 7.53. The third kappa shape index (κ3) is 4.75. The molecule has 1 rings (SSSR count). The van der Waals surface area contributed by atoms with Crippen molar-refractivity contribution >= 4 is 11.8 Å². The van der Waals surface area contributed by atoms with Crippen molar-refractivity contribution in [3.63, 3.8) is 0 Å². The summed E-state index contributed by atoms with van der Waals surface area (Å²) in [5.41, 5.74) is 0. The van der Waals surface area contributed by atoms with E-state index in [1.807, 2.05) is 11.8 Å². The molecule has 1 saturated carbocycles. The summed E-state index contributed by atoms with van der Waals surface area (Å²) in [5.74, 6) is 3.71. The van der Waals surface area contributed by atoms with E-state index in [9.17, 15) is 0 Å². The molecule has 0 spiro atoms. The molecule has 2 N–H and O–H groups in total. The maximum Gasteiger partial charge on any atom is 0.0464 e. The fourth-order valence-corrected chi connectivity index (χ4v) is 3.48. The number of hydrogen-bond acceptors (Lipinski definition) is 3. The summed E-state index contributed by atoms with van der Waals surface area (Å²) in [7, 11) is 2.09. The zero-order valence-electron chi connectivity index (χ0n) is 10.0. The standard InChI is InChI=1S/C12H25NOS/c1-10(8-14)9-15-7-6-11-4-3-5-12(11)13-2/h10-14H,3-9H2,1-2H3. The van der Waals surface area contributed by atoms with E-state index in [0.29, 0.717) is 12.5 Å². The van der Waals surface area contributed by atoms with Crippen LogP contribution >= 0.6 is 11.8 Å². The number of rotatable bonds is 7. The van der Waals surface area contributed by atoms with Crippen LogP contribution in [0.1, 0.15) is 32.6 Å². The number of nitrogens with one attached hydrogen (secondary N) is 1. The first-order valence-corrected chi connectivity index (χ1v) is 7.29. The van der Waals surface area contributed by atoms with Crippen molar-refractivity contribution in [3.05, 3.63) is 0 Å². The molecule has 3 heteroatoms. The Hall–Kier alpha value is 0.270. The van der Waals surface area contributed by atoms with Gasteiger partial charge in [-0.05, 0) is 49.7 Å². The number of thioether (sulfide) groups is 1. The Morgan fingerprint density at radius 3 is 2.93 bits per heavy atom. The van der Waals surface area contributed by atoms with Gasteiger partial charge in [-0.1, -0.05) is 13.3 Å². The fraction of sp³-hybridized carbons (Fsp3) is 1.00. The summed E-state index contributed by atoms with van der Waals surface area (Å²) >= 11 is 2.00. The van der Waals surface area contributed by atoms with Gasteiger partial charge in [-0.15, -0.1) is 0 Å². The third-order valence-electron chi connectivity index (χ3n) is 3.38. The van der Waals surface area contributed by atoms with Crippen molar-refractivity contribution < 1.29 is 5.11 Å². The quantitative estimate of drug-likeness (QED) is 0.658. The molecule has 0 amide bonds. The van der Waals surface area contributed by atoms with Crippen LogP contribution in [0.25, 0.3) is 0 Å². The first kappa shape index (κ1) is 13.3. The fourth-order valence-electron chi connectivity index (χ4n) is 2.33. The van der Waals surface area contributed by atoms with Crippen LogP contribution in [0.4, 0.5) is 0 Å². The lowest BCUT2D eigenvalue weighted by Crippen LogP contribution is -2.29. The molecule has 0 aliphatic heterocycles. The Kier molecular flexibility index (Phi) is 6.69. The summed E-state index contributed by atoms with van der Waals surface area (Å²) in [4.78, 5) is 0. The molecule has 0 radical (unpaired) electrons. The normalized spacial score (nSPS) is 28.2. The van der Waals surface area contributed by atoms with Crippen molar-refractivity contribution in [2.45, 2.75) is 38.6 Å². The average molecular weight is 231 g/mol. The molecular formula is C12H25NOS. The molecule has 0 heterocycles. The molecule has 1 aliphatic rings. The lowest BCUT2D eigenvalue weighted by Gasteiger charge is -2.18. The van der Waals surface area contributed by atoms with E-state index in [0.717, 1.165) is 17.7 Å².